The van der Waals surface area contributed by atoms with E-state index in [1.807, 2.05) is 6.07 Å². The SMILES string of the molecule is CS(=O)(=O)c1ccc(-c2cccc(N=C(N)N=C(N)N)c2)cc1. The Morgan fingerprint density at radius 1 is 0.957 bits per heavy atom. The quantitative estimate of drug-likeness (QED) is 0.568. The predicted molar refractivity (Wildman–Crippen MR) is 92.1 cm³/mol. The van der Waals surface area contributed by atoms with E-state index in [-0.39, 0.29) is 16.8 Å². The first-order valence-corrected chi connectivity index (χ1v) is 8.49. The van der Waals surface area contributed by atoms with Crippen LogP contribution in [0.15, 0.2) is 63.4 Å². The topological polar surface area (TPSA) is 137 Å². The molecule has 0 saturated heterocycles. The number of aliphatic imine (C=N–C) groups is 2. The number of hydrogen-bond donors (Lipinski definition) is 3. The molecule has 0 fully saturated rings. The van der Waals surface area contributed by atoms with Crippen molar-refractivity contribution in [3.63, 3.8) is 0 Å². The van der Waals surface area contributed by atoms with Crippen LogP contribution in [-0.2, 0) is 9.84 Å². The third kappa shape index (κ3) is 4.55. The van der Waals surface area contributed by atoms with Crippen molar-refractivity contribution in [2.75, 3.05) is 6.26 Å². The fourth-order valence-corrected chi connectivity index (χ4v) is 2.57. The van der Waals surface area contributed by atoms with Crippen LogP contribution in [0.2, 0.25) is 0 Å². The minimum atomic E-state index is -3.21. The molecule has 0 atom stereocenters. The Hall–Kier alpha value is -2.87. The van der Waals surface area contributed by atoms with Crippen molar-refractivity contribution < 1.29 is 8.42 Å². The maximum Gasteiger partial charge on any atom is 0.223 e. The van der Waals surface area contributed by atoms with Crippen LogP contribution in [0.5, 0.6) is 0 Å². The van der Waals surface area contributed by atoms with Gasteiger partial charge in [0.05, 0.1) is 10.6 Å². The van der Waals surface area contributed by atoms with E-state index >= 15 is 0 Å². The highest BCUT2D eigenvalue weighted by atomic mass is 32.2. The zero-order chi connectivity index (χ0) is 17.0. The van der Waals surface area contributed by atoms with Crippen LogP contribution >= 0.6 is 0 Å². The molecule has 0 saturated carbocycles. The number of guanidine groups is 2. The molecule has 2 aromatic carbocycles. The Morgan fingerprint density at radius 2 is 1.61 bits per heavy atom. The summed E-state index contributed by atoms with van der Waals surface area (Å²) in [5, 5.41) is 0. The van der Waals surface area contributed by atoms with Crippen molar-refractivity contribution in [2.45, 2.75) is 4.90 Å². The van der Waals surface area contributed by atoms with E-state index < -0.39 is 9.84 Å². The molecule has 0 spiro atoms. The highest BCUT2D eigenvalue weighted by molar-refractivity contribution is 7.90. The van der Waals surface area contributed by atoms with E-state index in [0.717, 1.165) is 11.1 Å². The fraction of sp³-hybridized carbons (Fsp3) is 0.0667. The molecular weight excluding hydrogens is 314 g/mol. The van der Waals surface area contributed by atoms with Gasteiger partial charge in [-0.15, -0.1) is 0 Å². The molecule has 7 nitrogen and oxygen atoms in total. The molecule has 0 heterocycles. The maximum atomic E-state index is 11.5. The normalized spacial score (nSPS) is 12.0. The molecule has 0 amide bonds. The van der Waals surface area contributed by atoms with Gasteiger partial charge in [-0.25, -0.2) is 13.4 Å². The minimum Gasteiger partial charge on any atom is -0.370 e. The van der Waals surface area contributed by atoms with E-state index in [1.165, 1.54) is 6.26 Å². The summed E-state index contributed by atoms with van der Waals surface area (Å²) in [5.41, 5.74) is 18.4. The maximum absolute atomic E-state index is 11.5. The summed E-state index contributed by atoms with van der Waals surface area (Å²) in [4.78, 5) is 8.01. The van der Waals surface area contributed by atoms with E-state index in [9.17, 15) is 8.42 Å². The van der Waals surface area contributed by atoms with Crippen molar-refractivity contribution in [2.24, 2.45) is 27.2 Å². The largest absolute Gasteiger partial charge is 0.370 e. The Labute approximate surface area is 134 Å². The lowest BCUT2D eigenvalue weighted by atomic mass is 10.1. The molecule has 0 bridgehead atoms. The van der Waals surface area contributed by atoms with Gasteiger partial charge < -0.3 is 17.2 Å². The predicted octanol–water partition coefficient (Wildman–Crippen LogP) is 0.977. The van der Waals surface area contributed by atoms with Crippen molar-refractivity contribution in [3.8, 4) is 11.1 Å². The number of sulfone groups is 1. The van der Waals surface area contributed by atoms with E-state index in [2.05, 4.69) is 9.98 Å². The molecule has 8 heteroatoms. The van der Waals surface area contributed by atoms with Crippen LogP contribution in [0, 0.1) is 0 Å². The van der Waals surface area contributed by atoms with Gasteiger partial charge in [0.2, 0.25) is 5.96 Å². The molecule has 2 rings (SSSR count). The van der Waals surface area contributed by atoms with Gasteiger partial charge >= 0.3 is 0 Å². The van der Waals surface area contributed by atoms with Gasteiger partial charge in [-0.2, -0.15) is 4.99 Å². The Bertz CT molecular complexity index is 867. The molecule has 0 aliphatic carbocycles. The lowest BCUT2D eigenvalue weighted by molar-refractivity contribution is 0.602. The number of nitrogens with two attached hydrogens (primary N) is 3. The fourth-order valence-electron chi connectivity index (χ4n) is 1.94. The van der Waals surface area contributed by atoms with E-state index in [1.54, 1.807) is 42.5 Å². The summed E-state index contributed by atoms with van der Waals surface area (Å²) in [6.45, 7) is 0. The lowest BCUT2D eigenvalue weighted by Crippen LogP contribution is -2.26. The van der Waals surface area contributed by atoms with Crippen LogP contribution in [0.4, 0.5) is 5.69 Å². The molecule has 2 aromatic rings. The summed E-state index contributed by atoms with van der Waals surface area (Å²) in [7, 11) is -3.21. The lowest BCUT2D eigenvalue weighted by Gasteiger charge is -2.05. The summed E-state index contributed by atoms with van der Waals surface area (Å²) >= 11 is 0. The second-order valence-corrected chi connectivity index (χ2v) is 6.87. The summed E-state index contributed by atoms with van der Waals surface area (Å²) in [5.74, 6) is -0.214. The Kier molecular flexibility index (Phi) is 4.65. The summed E-state index contributed by atoms with van der Waals surface area (Å²) in [6, 6.07) is 13.8. The zero-order valence-corrected chi connectivity index (χ0v) is 13.3. The van der Waals surface area contributed by atoms with Crippen LogP contribution in [-0.4, -0.2) is 26.6 Å². The van der Waals surface area contributed by atoms with E-state index in [0.29, 0.717) is 5.69 Å². The van der Waals surface area contributed by atoms with Gasteiger partial charge in [-0.3, -0.25) is 0 Å². The Morgan fingerprint density at radius 3 is 2.17 bits per heavy atom. The van der Waals surface area contributed by atoms with Crippen molar-refractivity contribution in [3.05, 3.63) is 48.5 Å². The number of rotatable bonds is 3. The van der Waals surface area contributed by atoms with Crippen LogP contribution in [0.1, 0.15) is 0 Å². The number of nitrogens with zero attached hydrogens (tertiary/aromatic N) is 2. The standard InChI is InChI=1S/C15H17N5O2S/c1-23(21,22)13-7-5-10(6-8-13)11-3-2-4-12(9-11)19-15(18)20-14(16)17/h2-9H,1H3,(H6,16,17,18,19,20). The highest BCUT2D eigenvalue weighted by Gasteiger charge is 2.07. The second-order valence-electron chi connectivity index (χ2n) is 4.85. The molecule has 0 aromatic heterocycles. The summed E-state index contributed by atoms with van der Waals surface area (Å²) < 4.78 is 23.0. The molecule has 6 N–H and O–H groups in total. The van der Waals surface area contributed by atoms with Crippen molar-refractivity contribution in [1.82, 2.24) is 0 Å². The van der Waals surface area contributed by atoms with Gasteiger partial charge in [0.15, 0.2) is 15.8 Å². The first-order chi connectivity index (χ1) is 10.8. The Balaban J connectivity index is 2.35. The molecule has 0 aliphatic heterocycles. The molecule has 0 aliphatic rings. The average molecular weight is 331 g/mol. The van der Waals surface area contributed by atoms with Crippen LogP contribution in [0.25, 0.3) is 11.1 Å². The van der Waals surface area contributed by atoms with Gasteiger partial charge in [-0.1, -0.05) is 24.3 Å². The second kappa shape index (κ2) is 6.49. The smallest absolute Gasteiger partial charge is 0.223 e. The van der Waals surface area contributed by atoms with Crippen LogP contribution in [0.3, 0.4) is 0 Å². The van der Waals surface area contributed by atoms with E-state index in [4.69, 9.17) is 17.2 Å². The van der Waals surface area contributed by atoms with Gasteiger partial charge in [-0.05, 0) is 35.4 Å². The molecule has 23 heavy (non-hydrogen) atoms. The highest BCUT2D eigenvalue weighted by Crippen LogP contribution is 2.25. The third-order valence-electron chi connectivity index (χ3n) is 2.95. The molecular formula is C15H17N5O2S. The van der Waals surface area contributed by atoms with Crippen molar-refractivity contribution >= 4 is 27.4 Å². The first-order valence-electron chi connectivity index (χ1n) is 6.60. The number of hydrogen-bond acceptors (Lipinski definition) is 3. The third-order valence-corrected chi connectivity index (χ3v) is 4.08. The van der Waals surface area contributed by atoms with Crippen molar-refractivity contribution in [1.29, 1.82) is 0 Å². The number of benzene rings is 2. The summed E-state index contributed by atoms with van der Waals surface area (Å²) in [6.07, 6.45) is 1.17. The zero-order valence-electron chi connectivity index (χ0n) is 12.5. The van der Waals surface area contributed by atoms with Crippen LogP contribution < -0.4 is 17.2 Å². The first kappa shape index (κ1) is 16.5. The molecule has 120 valence electrons. The molecule has 0 unspecified atom stereocenters. The molecule has 0 radical (unpaired) electrons. The monoisotopic (exact) mass is 331 g/mol. The van der Waals surface area contributed by atoms with Gasteiger partial charge in [0, 0.05) is 6.26 Å². The average Bonchev–Trinajstić information content (AvgIpc) is 2.46. The van der Waals surface area contributed by atoms with Gasteiger partial charge in [0.1, 0.15) is 0 Å². The minimum absolute atomic E-state index is 0.0467. The van der Waals surface area contributed by atoms with Gasteiger partial charge in [0.25, 0.3) is 0 Å².